The molecule has 2 saturated carbocycles. The zero-order valence-electron chi connectivity index (χ0n) is 16.2. The number of piperidine rings is 1. The number of nitrogens with one attached hydrogen (secondary N) is 1. The monoisotopic (exact) mass is 366 g/mol. The first-order chi connectivity index (χ1) is 13.2. The highest BCUT2D eigenvalue weighted by Crippen LogP contribution is 2.68. The van der Waals surface area contributed by atoms with Crippen molar-refractivity contribution in [1.82, 2.24) is 10.2 Å². The Kier molecular flexibility index (Phi) is 2.97. The van der Waals surface area contributed by atoms with Crippen molar-refractivity contribution in [2.75, 3.05) is 26.7 Å². The molecule has 5 fully saturated rings. The first-order valence-corrected chi connectivity index (χ1v) is 11.1. The van der Waals surface area contributed by atoms with Crippen molar-refractivity contribution in [3.63, 3.8) is 0 Å². The van der Waals surface area contributed by atoms with Crippen LogP contribution < -0.4 is 10.1 Å². The Morgan fingerprint density at radius 3 is 3.04 bits per heavy atom. The summed E-state index contributed by atoms with van der Waals surface area (Å²) in [4.78, 5) is 2.85. The predicted molar refractivity (Wildman–Crippen MR) is 103 cm³/mol. The highest BCUT2D eigenvalue weighted by Gasteiger charge is 2.76. The van der Waals surface area contributed by atoms with Crippen LogP contribution in [0.15, 0.2) is 18.2 Å². The molecule has 144 valence electrons. The highest BCUT2D eigenvalue weighted by molar-refractivity contribution is 5.51. The third kappa shape index (κ3) is 1.77. The summed E-state index contributed by atoms with van der Waals surface area (Å²) in [6.45, 7) is 3.60. The second kappa shape index (κ2) is 5.08. The Labute approximate surface area is 161 Å². The molecule has 4 nitrogen and oxygen atoms in total. The van der Waals surface area contributed by atoms with Gasteiger partial charge in [-0.15, -0.1) is 0 Å². The Hall–Kier alpha value is -1.10. The molecule has 4 bridgehead atoms. The number of likely N-dealkylation sites (tertiary alicyclic amines) is 1. The molecular formula is C23H30N2O2. The lowest BCUT2D eigenvalue weighted by atomic mass is 9.46. The summed E-state index contributed by atoms with van der Waals surface area (Å²) >= 11 is 0. The standard InChI is InChI=1S/C23H30N2O2/c1-26-16-5-4-15-10-20-23-7-6-18-21(19(27-23)12-24-18)22(23,17(15)11-16)8-9-25(20)13-14-2-3-14/h4-5,11,14,18-21,24H,2-3,6-10,12-13H2,1H3/t18-,19-,20-,21+,22+,23-/m1/s1. The van der Waals surface area contributed by atoms with E-state index in [1.165, 1.54) is 45.2 Å². The van der Waals surface area contributed by atoms with Gasteiger partial charge in [0.15, 0.2) is 0 Å². The molecule has 27 heavy (non-hydrogen) atoms. The summed E-state index contributed by atoms with van der Waals surface area (Å²) < 4.78 is 12.8. The number of methoxy groups -OCH3 is 1. The second-order valence-corrected chi connectivity index (χ2v) is 10.0. The molecule has 4 heteroatoms. The molecule has 0 aromatic heterocycles. The Morgan fingerprint density at radius 2 is 2.19 bits per heavy atom. The van der Waals surface area contributed by atoms with Crippen LogP contribution in [0.2, 0.25) is 0 Å². The lowest BCUT2D eigenvalue weighted by molar-refractivity contribution is -0.164. The van der Waals surface area contributed by atoms with E-state index in [2.05, 4.69) is 28.4 Å². The second-order valence-electron chi connectivity index (χ2n) is 10.0. The maximum absolute atomic E-state index is 7.14. The van der Waals surface area contributed by atoms with Gasteiger partial charge in [-0.25, -0.2) is 0 Å². The van der Waals surface area contributed by atoms with Crippen LogP contribution in [0.3, 0.4) is 0 Å². The average Bonchev–Trinajstić information content (AvgIpc) is 3.35. The van der Waals surface area contributed by atoms with Crippen LogP contribution in [-0.4, -0.2) is 55.4 Å². The Morgan fingerprint density at radius 1 is 1.26 bits per heavy atom. The fourth-order valence-electron chi connectivity index (χ4n) is 8.01. The lowest BCUT2D eigenvalue weighted by Gasteiger charge is -2.64. The van der Waals surface area contributed by atoms with E-state index in [-0.39, 0.29) is 11.0 Å². The molecule has 3 aliphatic carbocycles. The number of fused-ring (bicyclic) bond motifs is 1. The van der Waals surface area contributed by atoms with E-state index in [4.69, 9.17) is 9.47 Å². The molecule has 3 heterocycles. The Balaban J connectivity index is 1.44. The van der Waals surface area contributed by atoms with E-state index in [0.717, 1.165) is 24.6 Å². The molecule has 1 N–H and O–H groups in total. The van der Waals surface area contributed by atoms with Gasteiger partial charge in [0.05, 0.1) is 18.8 Å². The molecule has 0 radical (unpaired) electrons. The SMILES string of the molecule is COc1ccc2c(c1)[C@]13CCN(CC4CC4)[C@H](C2)[C@]12CC[C@H]1NC[C@@H](O2)[C@H]13. The van der Waals surface area contributed by atoms with Gasteiger partial charge in [-0.1, -0.05) is 6.07 Å². The number of hydrogen-bond donors (Lipinski definition) is 1. The lowest BCUT2D eigenvalue weighted by Crippen LogP contribution is -2.74. The molecule has 6 atom stereocenters. The molecule has 3 aliphatic heterocycles. The summed E-state index contributed by atoms with van der Waals surface area (Å²) in [5, 5.41) is 3.82. The first-order valence-electron chi connectivity index (χ1n) is 11.1. The van der Waals surface area contributed by atoms with Crippen molar-refractivity contribution in [3.8, 4) is 5.75 Å². The van der Waals surface area contributed by atoms with Crippen molar-refractivity contribution in [2.45, 2.75) is 67.7 Å². The van der Waals surface area contributed by atoms with Crippen molar-refractivity contribution < 1.29 is 9.47 Å². The molecular weight excluding hydrogens is 336 g/mol. The topological polar surface area (TPSA) is 33.7 Å². The number of hydrogen-bond acceptors (Lipinski definition) is 4. The normalized spacial score (nSPS) is 46.9. The third-order valence-electron chi connectivity index (χ3n) is 9.10. The number of nitrogens with zero attached hydrogens (tertiary/aromatic N) is 1. The van der Waals surface area contributed by atoms with Crippen LogP contribution >= 0.6 is 0 Å². The van der Waals surface area contributed by atoms with Crippen molar-refractivity contribution in [3.05, 3.63) is 29.3 Å². The van der Waals surface area contributed by atoms with Crippen LogP contribution in [0, 0.1) is 11.8 Å². The molecule has 0 amide bonds. The molecule has 3 saturated heterocycles. The van der Waals surface area contributed by atoms with Gasteiger partial charge in [0.2, 0.25) is 0 Å². The van der Waals surface area contributed by atoms with Gasteiger partial charge in [-0.05, 0) is 74.2 Å². The fraction of sp³-hybridized carbons (Fsp3) is 0.739. The van der Waals surface area contributed by atoms with Gasteiger partial charge < -0.3 is 14.8 Å². The zero-order valence-corrected chi connectivity index (χ0v) is 16.2. The fourth-order valence-corrected chi connectivity index (χ4v) is 8.01. The molecule has 0 unspecified atom stereocenters. The van der Waals surface area contributed by atoms with Crippen molar-refractivity contribution >= 4 is 0 Å². The van der Waals surface area contributed by atoms with E-state index in [9.17, 15) is 0 Å². The van der Waals surface area contributed by atoms with Crippen LogP contribution in [0.4, 0.5) is 0 Å². The summed E-state index contributed by atoms with van der Waals surface area (Å²) in [7, 11) is 1.80. The van der Waals surface area contributed by atoms with Crippen LogP contribution in [0.1, 0.15) is 43.2 Å². The molecule has 1 aromatic rings. The van der Waals surface area contributed by atoms with Crippen molar-refractivity contribution in [2.24, 2.45) is 11.8 Å². The van der Waals surface area contributed by atoms with E-state index < -0.39 is 0 Å². The van der Waals surface area contributed by atoms with Gasteiger partial charge in [0.25, 0.3) is 0 Å². The highest BCUT2D eigenvalue weighted by atomic mass is 16.5. The van der Waals surface area contributed by atoms with E-state index >= 15 is 0 Å². The summed E-state index contributed by atoms with van der Waals surface area (Å²) in [5.74, 6) is 2.61. The van der Waals surface area contributed by atoms with E-state index in [1.807, 2.05) is 0 Å². The van der Waals surface area contributed by atoms with E-state index in [0.29, 0.717) is 24.1 Å². The predicted octanol–water partition coefficient (Wildman–Crippen LogP) is 2.49. The summed E-state index contributed by atoms with van der Waals surface area (Å²) in [6, 6.07) is 8.12. The van der Waals surface area contributed by atoms with Crippen LogP contribution in [0.25, 0.3) is 0 Å². The first kappa shape index (κ1) is 15.8. The minimum Gasteiger partial charge on any atom is -0.497 e. The van der Waals surface area contributed by atoms with Gasteiger partial charge in [0.1, 0.15) is 5.75 Å². The summed E-state index contributed by atoms with van der Waals surface area (Å²) in [6.07, 6.45) is 8.20. The quantitative estimate of drug-likeness (QED) is 0.891. The van der Waals surface area contributed by atoms with Gasteiger partial charge in [0, 0.05) is 36.5 Å². The Bertz CT molecular complexity index is 808. The third-order valence-corrected chi connectivity index (χ3v) is 9.10. The number of benzene rings is 1. The minimum absolute atomic E-state index is 0.0352. The van der Waals surface area contributed by atoms with Gasteiger partial charge >= 0.3 is 0 Å². The van der Waals surface area contributed by atoms with Gasteiger partial charge in [-0.3, -0.25) is 4.90 Å². The largest absolute Gasteiger partial charge is 0.497 e. The molecule has 6 aliphatic rings. The zero-order chi connectivity index (χ0) is 17.8. The smallest absolute Gasteiger partial charge is 0.119 e. The number of ether oxygens (including phenoxy) is 2. The minimum atomic E-state index is 0.0352. The summed E-state index contributed by atoms with van der Waals surface area (Å²) in [5.41, 5.74) is 3.36. The van der Waals surface area contributed by atoms with Crippen LogP contribution in [0.5, 0.6) is 5.75 Å². The molecule has 1 aromatic carbocycles. The van der Waals surface area contributed by atoms with Crippen LogP contribution in [-0.2, 0) is 16.6 Å². The maximum atomic E-state index is 7.14. The maximum Gasteiger partial charge on any atom is 0.119 e. The molecule has 0 spiro atoms. The average molecular weight is 367 g/mol. The number of rotatable bonds is 3. The molecule has 7 rings (SSSR count). The van der Waals surface area contributed by atoms with Gasteiger partial charge in [-0.2, -0.15) is 0 Å². The van der Waals surface area contributed by atoms with E-state index in [1.54, 1.807) is 18.2 Å². The van der Waals surface area contributed by atoms with Crippen molar-refractivity contribution in [1.29, 1.82) is 0 Å².